The first-order chi connectivity index (χ1) is 14.6. The zero-order valence-corrected chi connectivity index (χ0v) is 17.2. The van der Waals surface area contributed by atoms with Gasteiger partial charge in [-0.15, -0.1) is 0 Å². The molecule has 2 atom stereocenters. The summed E-state index contributed by atoms with van der Waals surface area (Å²) in [5, 5.41) is 0. The lowest BCUT2D eigenvalue weighted by molar-refractivity contribution is -0.140. The number of hydrogen-bond acceptors (Lipinski definition) is 3. The number of carbonyl (C=O) groups excluding carboxylic acids is 2. The lowest BCUT2D eigenvalue weighted by Gasteiger charge is -2.47. The summed E-state index contributed by atoms with van der Waals surface area (Å²) in [4.78, 5) is 29.3. The Balaban J connectivity index is 1.43. The molecule has 0 aliphatic carbocycles. The van der Waals surface area contributed by atoms with Crippen LogP contribution in [0.15, 0.2) is 48.5 Å². The third-order valence-electron chi connectivity index (χ3n) is 6.32. The fraction of sp³-hybridized carbons (Fsp3) is 0.417. The highest BCUT2D eigenvalue weighted by Crippen LogP contribution is 2.32. The van der Waals surface area contributed by atoms with Crippen molar-refractivity contribution in [3.8, 4) is 5.75 Å². The first-order valence-corrected chi connectivity index (χ1v) is 10.5. The molecule has 2 saturated heterocycles. The number of carbonyl (C=O) groups is 2. The smallest absolute Gasteiger partial charge is 0.253 e. The highest BCUT2D eigenvalue weighted by atomic mass is 19.1. The summed E-state index contributed by atoms with van der Waals surface area (Å²) in [7, 11) is 1.66. The number of methoxy groups -OCH3 is 1. The Morgan fingerprint density at radius 1 is 1.17 bits per heavy atom. The number of benzene rings is 2. The predicted octanol–water partition coefficient (Wildman–Crippen LogP) is 3.53. The number of ether oxygens (including phenoxy) is 1. The molecule has 0 saturated carbocycles. The highest BCUT2D eigenvalue weighted by molar-refractivity contribution is 5.94. The van der Waals surface area contributed by atoms with E-state index in [1.54, 1.807) is 19.2 Å². The second kappa shape index (κ2) is 8.86. The van der Waals surface area contributed by atoms with Crippen LogP contribution >= 0.6 is 0 Å². The number of fused-ring (bicyclic) bond motifs is 1. The van der Waals surface area contributed by atoms with Crippen LogP contribution < -0.4 is 4.74 Å². The average molecular weight is 410 g/mol. The van der Waals surface area contributed by atoms with Crippen LogP contribution in [0.1, 0.15) is 35.2 Å². The minimum atomic E-state index is -0.401. The normalized spacial score (nSPS) is 21.3. The van der Waals surface area contributed by atoms with E-state index in [-0.39, 0.29) is 23.8 Å². The Labute approximate surface area is 176 Å². The van der Waals surface area contributed by atoms with Crippen molar-refractivity contribution in [2.75, 3.05) is 26.7 Å². The molecule has 4 rings (SSSR count). The largest absolute Gasteiger partial charge is 0.496 e. The number of nitrogens with zero attached hydrogens (tertiary/aromatic N) is 2. The summed E-state index contributed by atoms with van der Waals surface area (Å²) in [6.07, 6.45) is 2.80. The maximum Gasteiger partial charge on any atom is 0.253 e. The lowest BCUT2D eigenvalue weighted by atomic mass is 9.83. The quantitative estimate of drug-likeness (QED) is 0.758. The van der Waals surface area contributed by atoms with Crippen molar-refractivity contribution < 1.29 is 18.7 Å². The van der Waals surface area contributed by atoms with Crippen LogP contribution in [0.4, 0.5) is 4.39 Å². The molecule has 2 heterocycles. The molecule has 6 heteroatoms. The standard InChI is InChI=1S/C24H27FN2O3/c1-30-22-8-3-2-5-17(22)11-14-27-21-12-13-26(16-19(21)9-10-23(27)28)24(29)18-6-4-7-20(25)15-18/h2-8,15,19,21H,9-14,16H2,1H3/t19-,21+/m1/s1. The molecule has 0 radical (unpaired) electrons. The molecule has 2 aliphatic heterocycles. The maximum absolute atomic E-state index is 13.5. The van der Waals surface area contributed by atoms with Crippen molar-refractivity contribution in [2.45, 2.75) is 31.7 Å². The zero-order valence-electron chi connectivity index (χ0n) is 17.2. The lowest BCUT2D eigenvalue weighted by Crippen LogP contribution is -2.57. The van der Waals surface area contributed by atoms with E-state index in [2.05, 4.69) is 0 Å². The average Bonchev–Trinajstić information content (AvgIpc) is 2.78. The fourth-order valence-corrected chi connectivity index (χ4v) is 4.78. The molecule has 5 nitrogen and oxygen atoms in total. The summed E-state index contributed by atoms with van der Waals surface area (Å²) in [6, 6.07) is 13.9. The van der Waals surface area contributed by atoms with Crippen molar-refractivity contribution in [3.63, 3.8) is 0 Å². The molecule has 2 amide bonds. The van der Waals surface area contributed by atoms with Crippen LogP contribution in [-0.4, -0.2) is 54.4 Å². The maximum atomic E-state index is 13.5. The van der Waals surface area contributed by atoms with Gasteiger partial charge in [0.25, 0.3) is 5.91 Å². The Morgan fingerprint density at radius 3 is 2.80 bits per heavy atom. The topological polar surface area (TPSA) is 49.9 Å². The molecule has 0 spiro atoms. The summed E-state index contributed by atoms with van der Waals surface area (Å²) in [6.45, 7) is 1.84. The van der Waals surface area contributed by atoms with Gasteiger partial charge in [0.1, 0.15) is 11.6 Å². The summed E-state index contributed by atoms with van der Waals surface area (Å²) >= 11 is 0. The van der Waals surface area contributed by atoms with Crippen molar-refractivity contribution >= 4 is 11.8 Å². The molecule has 0 bridgehead atoms. The van der Waals surface area contributed by atoms with Crippen molar-refractivity contribution in [1.82, 2.24) is 9.80 Å². The number of hydrogen-bond donors (Lipinski definition) is 0. The van der Waals surface area contributed by atoms with Crippen molar-refractivity contribution in [3.05, 3.63) is 65.5 Å². The van der Waals surface area contributed by atoms with Crippen LogP contribution in [0.3, 0.4) is 0 Å². The van der Waals surface area contributed by atoms with E-state index in [1.807, 2.05) is 34.1 Å². The van der Waals surface area contributed by atoms with Gasteiger partial charge in [-0.2, -0.15) is 0 Å². The fourth-order valence-electron chi connectivity index (χ4n) is 4.78. The molecule has 2 fully saturated rings. The molecular weight excluding hydrogens is 383 g/mol. The van der Waals surface area contributed by atoms with Gasteiger partial charge in [-0.05, 0) is 55.0 Å². The van der Waals surface area contributed by atoms with Crippen LogP contribution in [-0.2, 0) is 11.2 Å². The molecular formula is C24H27FN2O3. The summed E-state index contributed by atoms with van der Waals surface area (Å²) in [5.41, 5.74) is 1.47. The van der Waals surface area contributed by atoms with Crippen LogP contribution in [0.25, 0.3) is 0 Å². The number of likely N-dealkylation sites (tertiary alicyclic amines) is 2. The Morgan fingerprint density at radius 2 is 2.00 bits per heavy atom. The van der Waals surface area contributed by atoms with Gasteiger partial charge in [0.15, 0.2) is 0 Å². The SMILES string of the molecule is COc1ccccc1CCN1C(=O)CC[C@@H]2CN(C(=O)c3cccc(F)c3)CC[C@@H]21. The Kier molecular flexibility index (Phi) is 6.02. The van der Waals surface area contributed by atoms with E-state index >= 15 is 0 Å². The molecule has 2 aromatic rings. The van der Waals surface area contributed by atoms with E-state index in [4.69, 9.17) is 4.74 Å². The number of rotatable bonds is 5. The van der Waals surface area contributed by atoms with Crippen LogP contribution in [0.2, 0.25) is 0 Å². The molecule has 2 aliphatic rings. The van der Waals surface area contributed by atoms with E-state index in [9.17, 15) is 14.0 Å². The zero-order chi connectivity index (χ0) is 21.1. The van der Waals surface area contributed by atoms with Gasteiger partial charge in [-0.25, -0.2) is 4.39 Å². The Bertz CT molecular complexity index is 932. The van der Waals surface area contributed by atoms with Crippen molar-refractivity contribution in [2.24, 2.45) is 5.92 Å². The van der Waals surface area contributed by atoms with Gasteiger partial charge in [0, 0.05) is 37.7 Å². The minimum Gasteiger partial charge on any atom is -0.496 e. The van der Waals surface area contributed by atoms with Gasteiger partial charge in [-0.1, -0.05) is 24.3 Å². The van der Waals surface area contributed by atoms with E-state index in [1.165, 1.54) is 12.1 Å². The van der Waals surface area contributed by atoms with Gasteiger partial charge in [0.2, 0.25) is 5.91 Å². The van der Waals surface area contributed by atoms with Gasteiger partial charge in [-0.3, -0.25) is 9.59 Å². The summed E-state index contributed by atoms with van der Waals surface area (Å²) < 4.78 is 18.9. The van der Waals surface area contributed by atoms with Crippen LogP contribution in [0, 0.1) is 11.7 Å². The third-order valence-corrected chi connectivity index (χ3v) is 6.32. The molecule has 0 N–H and O–H groups in total. The molecule has 0 unspecified atom stereocenters. The number of para-hydroxylation sites is 1. The summed E-state index contributed by atoms with van der Waals surface area (Å²) in [5.74, 6) is 0.753. The van der Waals surface area contributed by atoms with Crippen LogP contribution in [0.5, 0.6) is 5.75 Å². The van der Waals surface area contributed by atoms with Gasteiger partial charge < -0.3 is 14.5 Å². The third kappa shape index (κ3) is 4.18. The monoisotopic (exact) mass is 410 g/mol. The molecule has 158 valence electrons. The number of amides is 2. The van der Waals surface area contributed by atoms with E-state index in [0.29, 0.717) is 31.6 Å². The first-order valence-electron chi connectivity index (χ1n) is 10.5. The molecule has 2 aromatic carbocycles. The Hall–Kier alpha value is -2.89. The molecule has 30 heavy (non-hydrogen) atoms. The van der Waals surface area contributed by atoms with Gasteiger partial charge in [0.05, 0.1) is 7.11 Å². The van der Waals surface area contributed by atoms with E-state index < -0.39 is 5.82 Å². The van der Waals surface area contributed by atoms with E-state index in [0.717, 1.165) is 30.6 Å². The number of piperidine rings is 2. The highest BCUT2D eigenvalue weighted by Gasteiger charge is 2.40. The second-order valence-corrected chi connectivity index (χ2v) is 8.07. The minimum absolute atomic E-state index is 0.134. The first kappa shape index (κ1) is 20.4. The van der Waals surface area contributed by atoms with Gasteiger partial charge >= 0.3 is 0 Å². The van der Waals surface area contributed by atoms with Crippen molar-refractivity contribution in [1.29, 1.82) is 0 Å². The second-order valence-electron chi connectivity index (χ2n) is 8.07. The molecule has 0 aromatic heterocycles. The number of halogens is 1. The predicted molar refractivity (Wildman–Crippen MR) is 112 cm³/mol.